The summed E-state index contributed by atoms with van der Waals surface area (Å²) in [5, 5.41) is 8.57. The van der Waals surface area contributed by atoms with E-state index in [4.69, 9.17) is 10.1 Å². The van der Waals surface area contributed by atoms with Crippen LogP contribution < -0.4 is 10.4 Å². The Hall–Kier alpha value is -2.86. The number of hydrogen-bond acceptors (Lipinski definition) is 4. The average Bonchev–Trinajstić information content (AvgIpc) is 2.91. The highest BCUT2D eigenvalue weighted by Crippen LogP contribution is 2.15. The summed E-state index contributed by atoms with van der Waals surface area (Å²) in [5.74, 6) is 0.692. The lowest BCUT2D eigenvalue weighted by Crippen LogP contribution is -2.30. The predicted molar refractivity (Wildman–Crippen MR) is 102 cm³/mol. The summed E-state index contributed by atoms with van der Waals surface area (Å²) in [5.41, 5.74) is 2.83. The topological polar surface area (TPSA) is 63.2 Å². The Labute approximate surface area is 152 Å². The van der Waals surface area contributed by atoms with E-state index >= 15 is 0 Å². The number of fused-ring (bicyclic) bond motifs is 1. The second kappa shape index (κ2) is 7.58. The van der Waals surface area contributed by atoms with E-state index in [0.717, 1.165) is 23.3 Å². The van der Waals surface area contributed by atoms with Gasteiger partial charge in [0.25, 0.3) is 0 Å². The maximum atomic E-state index is 12.7. The number of imidazole rings is 1. The van der Waals surface area contributed by atoms with Crippen LogP contribution in [0.2, 0.25) is 0 Å². The zero-order chi connectivity index (χ0) is 18.7. The summed E-state index contributed by atoms with van der Waals surface area (Å²) >= 11 is 0. The van der Waals surface area contributed by atoms with Gasteiger partial charge in [0.15, 0.2) is 5.78 Å². The Bertz CT molecular complexity index is 968. The van der Waals surface area contributed by atoms with Gasteiger partial charge in [-0.25, -0.2) is 0 Å². The number of aromatic nitrogens is 2. The molecule has 0 saturated carbocycles. The number of carbonyl (C=O) groups is 1. The largest absolute Gasteiger partial charge is 0.497 e. The molecule has 0 saturated heterocycles. The number of nitrogens with zero attached hydrogens (tertiary/aromatic N) is 3. The van der Waals surface area contributed by atoms with Crippen molar-refractivity contribution in [2.24, 2.45) is 0 Å². The first kappa shape index (κ1) is 17.9. The van der Waals surface area contributed by atoms with Gasteiger partial charge in [-0.1, -0.05) is 12.1 Å². The molecule has 3 rings (SSSR count). The first-order valence-corrected chi connectivity index (χ1v) is 8.56. The Kier molecular flexibility index (Phi) is 5.23. The van der Waals surface area contributed by atoms with Crippen LogP contribution in [-0.2, 0) is 13.1 Å². The van der Waals surface area contributed by atoms with Crippen LogP contribution in [0.4, 0.5) is 0 Å². The standard InChI is InChI=1S/C20H24N4O2/c1-22(2)12-13-23-17-6-4-5-7-18(17)24(20(23)21)14-19(25)15-8-10-16(26-3)11-9-15/h4-11,21H,12-14H2,1-3H3. The van der Waals surface area contributed by atoms with Gasteiger partial charge in [0.05, 0.1) is 24.7 Å². The van der Waals surface area contributed by atoms with Crippen molar-refractivity contribution < 1.29 is 9.53 Å². The molecule has 3 aromatic rings. The van der Waals surface area contributed by atoms with Gasteiger partial charge in [0, 0.05) is 18.7 Å². The number of methoxy groups -OCH3 is 1. The second-order valence-corrected chi connectivity index (χ2v) is 6.51. The molecule has 136 valence electrons. The fraction of sp³-hybridized carbons (Fsp3) is 0.300. The van der Waals surface area contributed by atoms with E-state index in [9.17, 15) is 4.79 Å². The predicted octanol–water partition coefficient (Wildman–Crippen LogP) is 2.38. The SMILES string of the molecule is COc1ccc(C(=O)Cn2c(=N)n(CCN(C)C)c3ccccc32)cc1. The van der Waals surface area contributed by atoms with Crippen molar-refractivity contribution in [2.45, 2.75) is 13.1 Å². The van der Waals surface area contributed by atoms with Crippen molar-refractivity contribution in [3.8, 4) is 5.75 Å². The quantitative estimate of drug-likeness (QED) is 0.664. The highest BCUT2D eigenvalue weighted by atomic mass is 16.5. The van der Waals surface area contributed by atoms with Crippen LogP contribution in [0.25, 0.3) is 11.0 Å². The molecule has 0 atom stereocenters. The first-order valence-electron chi connectivity index (χ1n) is 8.56. The van der Waals surface area contributed by atoms with E-state index in [-0.39, 0.29) is 12.3 Å². The molecular weight excluding hydrogens is 328 g/mol. The van der Waals surface area contributed by atoms with Crippen molar-refractivity contribution in [1.82, 2.24) is 14.0 Å². The number of ketones is 1. The van der Waals surface area contributed by atoms with E-state index in [1.165, 1.54) is 0 Å². The van der Waals surface area contributed by atoms with E-state index in [0.29, 0.717) is 17.7 Å². The molecule has 26 heavy (non-hydrogen) atoms. The summed E-state index contributed by atoms with van der Waals surface area (Å²) in [6.07, 6.45) is 0. The molecule has 0 fully saturated rings. The lowest BCUT2D eigenvalue weighted by Gasteiger charge is -2.10. The zero-order valence-electron chi connectivity index (χ0n) is 15.4. The number of Topliss-reactive ketones (excluding diaryl/α,β-unsaturated/α-hetero) is 1. The number of ether oxygens (including phenoxy) is 1. The second-order valence-electron chi connectivity index (χ2n) is 6.51. The summed E-state index contributed by atoms with van der Waals surface area (Å²) in [6, 6.07) is 14.9. The summed E-state index contributed by atoms with van der Waals surface area (Å²) in [6.45, 7) is 1.67. The minimum Gasteiger partial charge on any atom is -0.497 e. The number of hydrogen-bond donors (Lipinski definition) is 1. The van der Waals surface area contributed by atoms with Crippen LogP contribution in [0.15, 0.2) is 48.5 Å². The molecule has 6 nitrogen and oxygen atoms in total. The van der Waals surface area contributed by atoms with Crippen molar-refractivity contribution in [3.63, 3.8) is 0 Å². The van der Waals surface area contributed by atoms with Crippen molar-refractivity contribution >= 4 is 16.8 Å². The fourth-order valence-electron chi connectivity index (χ4n) is 2.99. The van der Waals surface area contributed by atoms with E-state index < -0.39 is 0 Å². The molecule has 6 heteroatoms. The molecular formula is C20H24N4O2. The van der Waals surface area contributed by atoms with Gasteiger partial charge in [0.2, 0.25) is 5.62 Å². The van der Waals surface area contributed by atoms with Crippen molar-refractivity contribution in [3.05, 3.63) is 59.7 Å². The monoisotopic (exact) mass is 352 g/mol. The smallest absolute Gasteiger partial charge is 0.203 e. The Balaban J connectivity index is 1.95. The molecule has 0 radical (unpaired) electrons. The highest BCUT2D eigenvalue weighted by molar-refractivity contribution is 5.96. The number of carbonyl (C=O) groups excluding carboxylic acids is 1. The Morgan fingerprint density at radius 2 is 1.65 bits per heavy atom. The molecule has 0 bridgehead atoms. The third-order valence-corrected chi connectivity index (χ3v) is 4.46. The maximum Gasteiger partial charge on any atom is 0.203 e. The summed E-state index contributed by atoms with van der Waals surface area (Å²) in [4.78, 5) is 14.8. The lowest BCUT2D eigenvalue weighted by atomic mass is 10.1. The molecule has 0 spiro atoms. The average molecular weight is 352 g/mol. The molecule has 0 aliphatic carbocycles. The molecule has 1 heterocycles. The Morgan fingerprint density at radius 1 is 1.04 bits per heavy atom. The van der Waals surface area contributed by atoms with E-state index in [1.807, 2.05) is 42.9 Å². The first-order chi connectivity index (χ1) is 12.5. The number of para-hydroxylation sites is 2. The molecule has 0 aliphatic rings. The fourth-order valence-corrected chi connectivity index (χ4v) is 2.99. The number of rotatable bonds is 7. The van der Waals surface area contributed by atoms with Crippen LogP contribution in [0.1, 0.15) is 10.4 Å². The maximum absolute atomic E-state index is 12.7. The van der Waals surface area contributed by atoms with Gasteiger partial charge >= 0.3 is 0 Å². The molecule has 1 aromatic heterocycles. The number of benzene rings is 2. The van der Waals surface area contributed by atoms with Crippen molar-refractivity contribution in [1.29, 1.82) is 5.41 Å². The molecule has 0 aliphatic heterocycles. The normalized spacial score (nSPS) is 11.2. The van der Waals surface area contributed by atoms with Gasteiger partial charge in [-0.15, -0.1) is 0 Å². The lowest BCUT2D eigenvalue weighted by molar-refractivity contribution is 0.0971. The van der Waals surface area contributed by atoms with Crippen LogP contribution >= 0.6 is 0 Å². The van der Waals surface area contributed by atoms with Gasteiger partial charge in [0.1, 0.15) is 5.75 Å². The van der Waals surface area contributed by atoms with Crippen LogP contribution in [-0.4, -0.2) is 47.6 Å². The molecule has 1 N–H and O–H groups in total. The molecule has 0 amide bonds. The van der Waals surface area contributed by atoms with Crippen LogP contribution in [0.5, 0.6) is 5.75 Å². The van der Waals surface area contributed by atoms with Gasteiger partial charge in [-0.2, -0.15) is 0 Å². The minimum atomic E-state index is -0.0262. The van der Waals surface area contributed by atoms with Crippen molar-refractivity contribution in [2.75, 3.05) is 27.7 Å². The highest BCUT2D eigenvalue weighted by Gasteiger charge is 2.14. The number of nitrogens with one attached hydrogen (secondary N) is 1. The van der Waals surface area contributed by atoms with Gasteiger partial charge in [-0.05, 0) is 50.5 Å². The Morgan fingerprint density at radius 3 is 2.23 bits per heavy atom. The number of likely N-dealkylation sites (N-methyl/N-ethyl adjacent to an activating group) is 1. The third kappa shape index (κ3) is 3.55. The van der Waals surface area contributed by atoms with Gasteiger partial charge < -0.3 is 18.8 Å². The molecule has 2 aromatic carbocycles. The third-order valence-electron chi connectivity index (χ3n) is 4.46. The minimum absolute atomic E-state index is 0.0262. The van der Waals surface area contributed by atoms with E-state index in [2.05, 4.69) is 4.90 Å². The molecule has 0 unspecified atom stereocenters. The summed E-state index contributed by atoms with van der Waals surface area (Å²) in [7, 11) is 5.62. The van der Waals surface area contributed by atoms with Gasteiger partial charge in [-0.3, -0.25) is 10.2 Å². The van der Waals surface area contributed by atoms with E-state index in [1.54, 1.807) is 35.9 Å². The summed E-state index contributed by atoms with van der Waals surface area (Å²) < 4.78 is 8.87. The zero-order valence-corrected chi connectivity index (χ0v) is 15.4. The van der Waals surface area contributed by atoms with Crippen LogP contribution in [0, 0.1) is 5.41 Å². The van der Waals surface area contributed by atoms with Crippen LogP contribution in [0.3, 0.4) is 0 Å².